The molecule has 1 fully saturated rings. The van der Waals surface area contributed by atoms with Crippen molar-refractivity contribution in [3.63, 3.8) is 0 Å². The van der Waals surface area contributed by atoms with Gasteiger partial charge in [0.2, 0.25) is 5.82 Å². The minimum atomic E-state index is -0.530. The molecule has 0 saturated carbocycles. The number of hydrazine groups is 1. The minimum absolute atomic E-state index is 0.0177. The van der Waals surface area contributed by atoms with Gasteiger partial charge in [0.25, 0.3) is 0 Å². The smallest absolute Gasteiger partial charge is 0.344 e. The van der Waals surface area contributed by atoms with E-state index in [1.807, 2.05) is 6.92 Å². The molecular formula is C9H13N5O3S. The highest BCUT2D eigenvalue weighted by Gasteiger charge is 2.30. The highest BCUT2D eigenvalue weighted by Crippen LogP contribution is 2.38. The van der Waals surface area contributed by atoms with Crippen molar-refractivity contribution in [2.24, 2.45) is 5.84 Å². The Morgan fingerprint density at radius 2 is 2.44 bits per heavy atom. The predicted molar refractivity (Wildman–Crippen MR) is 66.2 cm³/mol. The number of anilines is 1. The van der Waals surface area contributed by atoms with Crippen LogP contribution in [0.1, 0.15) is 13.3 Å². The molecular weight excluding hydrogens is 258 g/mol. The molecule has 9 heteroatoms. The number of hydrogen-bond donors (Lipinski definition) is 2. The van der Waals surface area contributed by atoms with E-state index in [0.717, 1.165) is 6.42 Å². The first-order chi connectivity index (χ1) is 8.63. The van der Waals surface area contributed by atoms with Crippen LogP contribution < -0.4 is 11.3 Å². The zero-order chi connectivity index (χ0) is 13.1. The number of hydrogen-bond acceptors (Lipinski definition) is 8. The molecule has 0 bridgehead atoms. The van der Waals surface area contributed by atoms with Crippen molar-refractivity contribution < 1.29 is 9.66 Å². The van der Waals surface area contributed by atoms with Crippen LogP contribution in [-0.4, -0.2) is 32.9 Å². The Morgan fingerprint density at radius 1 is 1.67 bits per heavy atom. The van der Waals surface area contributed by atoms with E-state index in [2.05, 4.69) is 15.4 Å². The largest absolute Gasteiger partial charge is 0.377 e. The zero-order valence-corrected chi connectivity index (χ0v) is 10.5. The van der Waals surface area contributed by atoms with Crippen LogP contribution in [0.2, 0.25) is 0 Å². The number of thioether (sulfide) groups is 1. The van der Waals surface area contributed by atoms with Crippen molar-refractivity contribution in [1.29, 1.82) is 0 Å². The van der Waals surface area contributed by atoms with Gasteiger partial charge in [0.05, 0.1) is 11.0 Å². The van der Waals surface area contributed by atoms with Gasteiger partial charge in [0, 0.05) is 11.9 Å². The van der Waals surface area contributed by atoms with Gasteiger partial charge in [0.1, 0.15) is 6.33 Å². The van der Waals surface area contributed by atoms with Gasteiger partial charge < -0.3 is 10.2 Å². The summed E-state index contributed by atoms with van der Waals surface area (Å²) >= 11 is 1.33. The second-order valence-corrected chi connectivity index (χ2v) is 5.03. The van der Waals surface area contributed by atoms with Gasteiger partial charge in [-0.2, -0.15) is 0 Å². The number of nitrogens with zero attached hydrogens (tertiary/aromatic N) is 3. The van der Waals surface area contributed by atoms with Gasteiger partial charge >= 0.3 is 5.69 Å². The number of nitrogens with two attached hydrogens (primary N) is 1. The van der Waals surface area contributed by atoms with Gasteiger partial charge in [-0.1, -0.05) is 11.8 Å². The summed E-state index contributed by atoms with van der Waals surface area (Å²) in [5.74, 6) is 5.23. The number of ether oxygens (including phenoxy) is 1. The van der Waals surface area contributed by atoms with Crippen LogP contribution in [0, 0.1) is 10.1 Å². The summed E-state index contributed by atoms with van der Waals surface area (Å²) in [6, 6.07) is 0. The first-order valence-electron chi connectivity index (χ1n) is 5.37. The lowest BCUT2D eigenvalue weighted by atomic mass is 10.3. The van der Waals surface area contributed by atoms with Crippen LogP contribution >= 0.6 is 11.8 Å². The molecule has 18 heavy (non-hydrogen) atoms. The summed E-state index contributed by atoms with van der Waals surface area (Å²) in [5.41, 5.74) is 2.03. The maximum absolute atomic E-state index is 11.0. The highest BCUT2D eigenvalue weighted by atomic mass is 32.2. The Hall–Kier alpha value is -1.45. The molecule has 2 atom stereocenters. The summed E-state index contributed by atoms with van der Waals surface area (Å²) in [6.45, 7) is 2.61. The van der Waals surface area contributed by atoms with Gasteiger partial charge in [-0.15, -0.1) is 0 Å². The van der Waals surface area contributed by atoms with E-state index in [1.165, 1.54) is 18.1 Å². The van der Waals surface area contributed by atoms with Crippen molar-refractivity contribution >= 4 is 23.3 Å². The van der Waals surface area contributed by atoms with Gasteiger partial charge in [-0.05, 0) is 13.3 Å². The zero-order valence-electron chi connectivity index (χ0n) is 9.70. The molecule has 0 aromatic carbocycles. The summed E-state index contributed by atoms with van der Waals surface area (Å²) in [6.07, 6.45) is 2.16. The average Bonchev–Trinajstić information content (AvgIpc) is 2.74. The van der Waals surface area contributed by atoms with E-state index in [9.17, 15) is 10.1 Å². The monoisotopic (exact) mass is 271 g/mol. The average molecular weight is 271 g/mol. The quantitative estimate of drug-likeness (QED) is 0.359. The minimum Gasteiger partial charge on any atom is -0.377 e. The fourth-order valence-electron chi connectivity index (χ4n) is 1.73. The second-order valence-electron chi connectivity index (χ2n) is 3.80. The summed E-state index contributed by atoms with van der Waals surface area (Å²) in [5, 5.41) is 11.5. The Balaban J connectivity index is 2.29. The van der Waals surface area contributed by atoms with Crippen molar-refractivity contribution in [2.75, 3.05) is 12.0 Å². The van der Waals surface area contributed by atoms with Crippen molar-refractivity contribution in [3.8, 4) is 0 Å². The maximum atomic E-state index is 11.0. The van der Waals surface area contributed by atoms with Gasteiger partial charge in [-0.25, -0.2) is 15.8 Å². The van der Waals surface area contributed by atoms with Crippen LogP contribution in [-0.2, 0) is 4.74 Å². The van der Waals surface area contributed by atoms with Crippen LogP contribution in [0.15, 0.2) is 11.4 Å². The SMILES string of the molecule is CC1OCCC1Sc1ncnc(NN)c1[N+](=O)[O-]. The lowest BCUT2D eigenvalue weighted by Crippen LogP contribution is -2.15. The molecule has 98 valence electrons. The lowest BCUT2D eigenvalue weighted by molar-refractivity contribution is -0.387. The fraction of sp³-hybridized carbons (Fsp3) is 0.556. The number of rotatable bonds is 4. The maximum Gasteiger partial charge on any atom is 0.344 e. The molecule has 1 aliphatic rings. The standard InChI is InChI=1S/C9H13N5O3S/c1-5-6(2-3-17-5)18-9-7(14(15)16)8(13-10)11-4-12-9/h4-6H,2-3,10H2,1H3,(H,11,12,13). The molecule has 0 amide bonds. The number of nitrogens with one attached hydrogen (secondary N) is 1. The molecule has 2 unspecified atom stereocenters. The van der Waals surface area contributed by atoms with Gasteiger partial charge in [0.15, 0.2) is 5.03 Å². The van der Waals surface area contributed by atoms with Crippen LogP contribution in [0.5, 0.6) is 0 Å². The molecule has 3 N–H and O–H groups in total. The second kappa shape index (κ2) is 5.46. The van der Waals surface area contributed by atoms with Crippen molar-refractivity contribution in [2.45, 2.75) is 29.7 Å². The van der Waals surface area contributed by atoms with E-state index in [0.29, 0.717) is 11.6 Å². The molecule has 0 radical (unpaired) electrons. The Bertz CT molecular complexity index is 458. The molecule has 0 aliphatic carbocycles. The van der Waals surface area contributed by atoms with E-state index < -0.39 is 4.92 Å². The summed E-state index contributed by atoms with van der Waals surface area (Å²) < 4.78 is 5.42. The third-order valence-corrected chi connectivity index (χ3v) is 4.12. The normalized spacial score (nSPS) is 23.0. The molecule has 1 aliphatic heterocycles. The molecule has 8 nitrogen and oxygen atoms in total. The van der Waals surface area contributed by atoms with Crippen LogP contribution in [0.3, 0.4) is 0 Å². The lowest BCUT2D eigenvalue weighted by Gasteiger charge is -2.13. The Labute approximate surface area is 107 Å². The summed E-state index contributed by atoms with van der Waals surface area (Å²) in [4.78, 5) is 18.2. The number of nitro groups is 1. The van der Waals surface area contributed by atoms with E-state index >= 15 is 0 Å². The third kappa shape index (κ3) is 2.52. The topological polar surface area (TPSA) is 116 Å². The number of aromatic nitrogens is 2. The number of nitrogen functional groups attached to an aromatic ring is 1. The predicted octanol–water partition coefficient (Wildman–Crippen LogP) is 0.940. The van der Waals surface area contributed by atoms with E-state index in [1.54, 1.807) is 0 Å². The molecule has 2 rings (SSSR count). The van der Waals surface area contributed by atoms with Crippen molar-refractivity contribution in [3.05, 3.63) is 16.4 Å². The highest BCUT2D eigenvalue weighted by molar-refractivity contribution is 8.00. The molecule has 1 aromatic rings. The molecule has 2 heterocycles. The molecule has 1 aromatic heterocycles. The van der Waals surface area contributed by atoms with E-state index in [-0.39, 0.29) is 22.9 Å². The van der Waals surface area contributed by atoms with Gasteiger partial charge in [-0.3, -0.25) is 10.1 Å². The molecule has 1 saturated heterocycles. The molecule has 0 spiro atoms. The Kier molecular flexibility index (Phi) is 3.94. The Morgan fingerprint density at radius 3 is 3.00 bits per heavy atom. The third-order valence-electron chi connectivity index (χ3n) is 2.68. The summed E-state index contributed by atoms with van der Waals surface area (Å²) in [7, 11) is 0. The van der Waals surface area contributed by atoms with E-state index in [4.69, 9.17) is 10.6 Å². The van der Waals surface area contributed by atoms with Crippen LogP contribution in [0.25, 0.3) is 0 Å². The fourth-order valence-corrected chi connectivity index (χ4v) is 2.89. The van der Waals surface area contributed by atoms with Crippen LogP contribution in [0.4, 0.5) is 11.5 Å². The first kappa shape index (κ1) is 13.0. The van der Waals surface area contributed by atoms with Crippen molar-refractivity contribution in [1.82, 2.24) is 9.97 Å². The first-order valence-corrected chi connectivity index (χ1v) is 6.25.